The third kappa shape index (κ3) is 1.91. The minimum absolute atomic E-state index is 0.0863. The van der Waals surface area contributed by atoms with Crippen LogP contribution in [0.2, 0.25) is 0 Å². The minimum atomic E-state index is -0.601. The van der Waals surface area contributed by atoms with Gasteiger partial charge in [0.2, 0.25) is 0 Å². The maximum atomic E-state index is 10.6. The van der Waals surface area contributed by atoms with Crippen LogP contribution in [-0.4, -0.2) is 23.4 Å². The van der Waals surface area contributed by atoms with Gasteiger partial charge in [0.15, 0.2) is 0 Å². The summed E-state index contributed by atoms with van der Waals surface area (Å²) in [6.45, 7) is 2.89. The van der Waals surface area contributed by atoms with Crippen molar-refractivity contribution in [1.82, 2.24) is 0 Å². The Morgan fingerprint density at radius 3 is 2.70 bits per heavy atom. The summed E-state index contributed by atoms with van der Waals surface area (Å²) in [6, 6.07) is 0. The Morgan fingerprint density at radius 1 is 1.10 bits per heavy atom. The number of ether oxygens (including phenoxy) is 1. The van der Waals surface area contributed by atoms with Gasteiger partial charge in [0, 0.05) is 5.41 Å². The highest BCUT2D eigenvalue weighted by atomic mass is 16.5. The van der Waals surface area contributed by atoms with Crippen molar-refractivity contribution in [1.29, 1.82) is 0 Å². The molecule has 3 aliphatic carbocycles. The molecule has 2 nitrogen and oxygen atoms in total. The van der Waals surface area contributed by atoms with Gasteiger partial charge in [-0.2, -0.15) is 0 Å². The first-order valence-electron chi connectivity index (χ1n) is 8.66. The second kappa shape index (κ2) is 4.58. The summed E-state index contributed by atoms with van der Waals surface area (Å²) in [5.74, 6) is 0.717. The molecule has 1 heterocycles. The highest BCUT2D eigenvalue weighted by molar-refractivity contribution is 5.28. The van der Waals surface area contributed by atoms with Crippen molar-refractivity contribution < 1.29 is 9.84 Å². The molecule has 0 aromatic heterocycles. The average Bonchev–Trinajstić information content (AvgIpc) is 3.01. The van der Waals surface area contributed by atoms with Gasteiger partial charge in [0.1, 0.15) is 0 Å². The van der Waals surface area contributed by atoms with E-state index in [0.717, 1.165) is 25.4 Å². The van der Waals surface area contributed by atoms with Crippen molar-refractivity contribution in [2.75, 3.05) is 6.61 Å². The molecule has 4 fully saturated rings. The molecule has 1 N–H and O–H groups in total. The quantitative estimate of drug-likeness (QED) is 0.678. The molecule has 0 aromatic rings. The van der Waals surface area contributed by atoms with Crippen molar-refractivity contribution in [3.05, 3.63) is 11.1 Å². The predicted molar refractivity (Wildman–Crippen MR) is 79.5 cm³/mol. The summed E-state index contributed by atoms with van der Waals surface area (Å²) in [5.41, 5.74) is 3.37. The molecular formula is C18H28O2. The van der Waals surface area contributed by atoms with Crippen LogP contribution < -0.4 is 0 Å². The van der Waals surface area contributed by atoms with Crippen LogP contribution in [0.4, 0.5) is 0 Å². The van der Waals surface area contributed by atoms with E-state index in [-0.39, 0.29) is 6.10 Å². The van der Waals surface area contributed by atoms with Gasteiger partial charge in [-0.05, 0) is 70.6 Å². The fraction of sp³-hybridized carbons (Fsp3) is 0.889. The maximum absolute atomic E-state index is 10.6. The molecule has 2 heteroatoms. The van der Waals surface area contributed by atoms with E-state index < -0.39 is 5.60 Å². The summed E-state index contributed by atoms with van der Waals surface area (Å²) in [4.78, 5) is 0. The van der Waals surface area contributed by atoms with Crippen molar-refractivity contribution in [3.63, 3.8) is 0 Å². The van der Waals surface area contributed by atoms with E-state index in [1.165, 1.54) is 51.4 Å². The molecule has 1 saturated heterocycles. The highest BCUT2D eigenvalue weighted by Gasteiger charge is 2.57. The second-order valence-corrected chi connectivity index (χ2v) is 8.00. The summed E-state index contributed by atoms with van der Waals surface area (Å²) < 4.78 is 6.04. The third-order valence-electron chi connectivity index (χ3n) is 6.76. The fourth-order valence-electron chi connectivity index (χ4n) is 5.47. The molecule has 0 unspecified atom stereocenters. The number of aliphatic hydroxyl groups is 1. The highest BCUT2D eigenvalue weighted by Crippen LogP contribution is 2.60. The zero-order valence-electron chi connectivity index (χ0n) is 12.8. The molecule has 4 aliphatic rings. The first-order chi connectivity index (χ1) is 9.61. The monoisotopic (exact) mass is 276 g/mol. The molecule has 3 saturated carbocycles. The third-order valence-corrected chi connectivity index (χ3v) is 6.76. The van der Waals surface area contributed by atoms with Gasteiger partial charge in [0.25, 0.3) is 0 Å². The number of fused-ring (bicyclic) bond motifs is 1. The first kappa shape index (κ1) is 13.3. The van der Waals surface area contributed by atoms with Crippen LogP contribution in [-0.2, 0) is 4.74 Å². The van der Waals surface area contributed by atoms with Crippen LogP contribution in [0, 0.1) is 11.3 Å². The van der Waals surface area contributed by atoms with Crippen molar-refractivity contribution in [3.8, 4) is 0 Å². The largest absolute Gasteiger partial charge is 0.387 e. The normalized spacial score (nSPS) is 48.3. The Bertz CT molecular complexity index is 429. The van der Waals surface area contributed by atoms with Crippen LogP contribution >= 0.6 is 0 Å². The summed E-state index contributed by atoms with van der Waals surface area (Å²) in [6.07, 6.45) is 12.8. The first-order valence-corrected chi connectivity index (χ1v) is 8.66. The van der Waals surface area contributed by atoms with Crippen LogP contribution in [0.15, 0.2) is 11.1 Å². The Morgan fingerprint density at radius 2 is 1.90 bits per heavy atom. The lowest BCUT2D eigenvalue weighted by Gasteiger charge is -2.32. The van der Waals surface area contributed by atoms with Gasteiger partial charge < -0.3 is 9.84 Å². The average molecular weight is 276 g/mol. The molecule has 2 bridgehead atoms. The van der Waals surface area contributed by atoms with Gasteiger partial charge in [-0.25, -0.2) is 0 Å². The SMILES string of the molecule is C[C@@]1(O)CC[C@H]2C(=C3CCCCC3)CC[C@@]23CO[C@@H]1C3. The number of hydrogen-bond donors (Lipinski definition) is 1. The topological polar surface area (TPSA) is 29.5 Å². The van der Waals surface area contributed by atoms with Crippen molar-refractivity contribution in [2.45, 2.75) is 82.8 Å². The van der Waals surface area contributed by atoms with E-state index in [9.17, 15) is 5.11 Å². The van der Waals surface area contributed by atoms with Gasteiger partial charge in [-0.3, -0.25) is 0 Å². The summed E-state index contributed by atoms with van der Waals surface area (Å²) in [5, 5.41) is 10.6. The van der Waals surface area contributed by atoms with E-state index >= 15 is 0 Å². The lowest BCUT2D eigenvalue weighted by atomic mass is 9.73. The number of rotatable bonds is 0. The van der Waals surface area contributed by atoms with Crippen molar-refractivity contribution in [2.24, 2.45) is 11.3 Å². The fourth-order valence-corrected chi connectivity index (χ4v) is 5.47. The molecule has 0 aromatic carbocycles. The molecule has 4 rings (SSSR count). The maximum Gasteiger partial charge on any atom is 0.0880 e. The van der Waals surface area contributed by atoms with Gasteiger partial charge >= 0.3 is 0 Å². The molecular weight excluding hydrogens is 248 g/mol. The van der Waals surface area contributed by atoms with E-state index in [2.05, 4.69) is 0 Å². The van der Waals surface area contributed by atoms with Crippen LogP contribution in [0.25, 0.3) is 0 Å². The standard InChI is InChI=1S/C18H28O2/c1-17(19)9-8-15-14(13-5-3-2-4-6-13)7-10-18(15)11-16(17)20-12-18/h15-16,19H,2-12H2,1H3/t15-,16+,17+,18+/m0/s1. The Kier molecular flexibility index (Phi) is 3.05. The number of allylic oxidation sites excluding steroid dienone is 2. The van der Waals surface area contributed by atoms with E-state index in [1.54, 1.807) is 11.1 Å². The van der Waals surface area contributed by atoms with Crippen molar-refractivity contribution >= 4 is 0 Å². The van der Waals surface area contributed by atoms with Gasteiger partial charge in [-0.15, -0.1) is 0 Å². The molecule has 112 valence electrons. The van der Waals surface area contributed by atoms with E-state index in [1.807, 2.05) is 6.92 Å². The lowest BCUT2D eigenvalue weighted by molar-refractivity contribution is -0.0837. The van der Waals surface area contributed by atoms with Crippen LogP contribution in [0.3, 0.4) is 0 Å². The molecule has 1 aliphatic heterocycles. The molecule has 4 atom stereocenters. The zero-order valence-corrected chi connectivity index (χ0v) is 12.8. The summed E-state index contributed by atoms with van der Waals surface area (Å²) >= 11 is 0. The smallest absolute Gasteiger partial charge is 0.0880 e. The minimum Gasteiger partial charge on any atom is -0.387 e. The Balaban J connectivity index is 1.68. The van der Waals surface area contributed by atoms with E-state index in [4.69, 9.17) is 4.74 Å². The van der Waals surface area contributed by atoms with Crippen LogP contribution in [0.5, 0.6) is 0 Å². The molecule has 1 spiro atoms. The predicted octanol–water partition coefficient (Wildman–Crippen LogP) is 3.98. The molecule has 0 radical (unpaired) electrons. The summed E-state index contributed by atoms with van der Waals surface area (Å²) in [7, 11) is 0. The molecule has 20 heavy (non-hydrogen) atoms. The van der Waals surface area contributed by atoms with Crippen LogP contribution in [0.1, 0.15) is 71.1 Å². The van der Waals surface area contributed by atoms with Gasteiger partial charge in [0.05, 0.1) is 18.3 Å². The Labute approximate surface area is 122 Å². The van der Waals surface area contributed by atoms with Gasteiger partial charge in [-0.1, -0.05) is 17.6 Å². The zero-order chi connectivity index (χ0) is 13.8. The number of hydrogen-bond acceptors (Lipinski definition) is 2. The second-order valence-electron chi connectivity index (χ2n) is 8.00. The van der Waals surface area contributed by atoms with E-state index in [0.29, 0.717) is 5.41 Å². The Hall–Kier alpha value is -0.340. The lowest BCUT2D eigenvalue weighted by Crippen LogP contribution is -2.38. The molecule has 0 amide bonds.